The maximum absolute atomic E-state index is 6.08. The lowest BCUT2D eigenvalue weighted by molar-refractivity contribution is 0.176. The van der Waals surface area contributed by atoms with E-state index >= 15 is 0 Å². The number of nitrogen functional groups attached to an aromatic ring is 1. The first-order valence-electron chi connectivity index (χ1n) is 5.91. The molecule has 1 aromatic rings. The molecule has 0 radical (unpaired) electrons. The molecule has 0 aliphatic heterocycles. The predicted octanol–water partition coefficient (Wildman–Crippen LogP) is 3.68. The van der Waals surface area contributed by atoms with Crippen LogP contribution in [0.15, 0.2) is 4.47 Å². The third-order valence-corrected chi connectivity index (χ3v) is 4.55. The number of halogens is 1. The van der Waals surface area contributed by atoms with Crippen molar-refractivity contribution < 1.29 is 0 Å². The van der Waals surface area contributed by atoms with E-state index in [1.54, 1.807) is 0 Å². The van der Waals surface area contributed by atoms with Crippen LogP contribution >= 0.6 is 15.9 Å². The summed E-state index contributed by atoms with van der Waals surface area (Å²) in [6.07, 6.45) is 4.95. The smallest absolute Gasteiger partial charge is 0.136 e. The highest BCUT2D eigenvalue weighted by atomic mass is 79.9. The first-order chi connectivity index (χ1) is 7.41. The Kier molecular flexibility index (Phi) is 3.03. The van der Waals surface area contributed by atoms with Crippen LogP contribution in [0.25, 0.3) is 0 Å². The van der Waals surface area contributed by atoms with Gasteiger partial charge in [-0.15, -0.1) is 0 Å². The molecule has 1 saturated carbocycles. The third kappa shape index (κ3) is 2.12. The van der Waals surface area contributed by atoms with E-state index in [1.165, 1.54) is 25.7 Å². The van der Waals surface area contributed by atoms with Gasteiger partial charge < -0.3 is 5.73 Å². The van der Waals surface area contributed by atoms with E-state index in [-0.39, 0.29) is 0 Å². The number of aromatic nitrogens is 2. The number of nitrogens with two attached hydrogens (primary N) is 1. The topological polar surface area (TPSA) is 43.8 Å². The van der Waals surface area contributed by atoms with E-state index in [4.69, 9.17) is 5.73 Å². The van der Waals surface area contributed by atoms with Gasteiger partial charge in [0.15, 0.2) is 0 Å². The predicted molar refractivity (Wildman–Crippen MR) is 70.4 cm³/mol. The highest BCUT2D eigenvalue weighted by Crippen LogP contribution is 2.42. The van der Waals surface area contributed by atoms with Crippen molar-refractivity contribution in [2.24, 2.45) is 5.41 Å². The minimum atomic E-state index is 0.418. The Hall–Kier alpha value is -0.510. The standard InChI is InChI=1S/C12H20BrN3/c1-8-10(13)11(14)16(15-8)9-5-4-6-12(2,3)7-9/h9H,4-7,14H2,1-3H3. The van der Waals surface area contributed by atoms with Gasteiger partial charge in [-0.2, -0.15) is 5.10 Å². The largest absolute Gasteiger partial charge is 0.383 e. The Morgan fingerprint density at radius 2 is 2.19 bits per heavy atom. The molecule has 0 aromatic carbocycles. The lowest BCUT2D eigenvalue weighted by atomic mass is 9.75. The first-order valence-corrected chi connectivity index (χ1v) is 6.70. The molecule has 0 saturated heterocycles. The van der Waals surface area contributed by atoms with Crippen LogP contribution in [0.4, 0.5) is 5.82 Å². The minimum Gasteiger partial charge on any atom is -0.383 e. The second kappa shape index (κ2) is 4.06. The van der Waals surface area contributed by atoms with Crippen LogP contribution in [0.1, 0.15) is 51.3 Å². The van der Waals surface area contributed by atoms with Crippen molar-refractivity contribution in [2.45, 2.75) is 52.5 Å². The van der Waals surface area contributed by atoms with Gasteiger partial charge in [-0.3, -0.25) is 0 Å². The molecule has 1 aromatic heterocycles. The van der Waals surface area contributed by atoms with Gasteiger partial charge in [-0.1, -0.05) is 20.3 Å². The number of hydrogen-bond acceptors (Lipinski definition) is 2. The molecule has 2 N–H and O–H groups in total. The van der Waals surface area contributed by atoms with Gasteiger partial charge in [0, 0.05) is 0 Å². The molecule has 1 aliphatic carbocycles. The zero-order chi connectivity index (χ0) is 11.9. The van der Waals surface area contributed by atoms with Crippen molar-refractivity contribution in [3.05, 3.63) is 10.2 Å². The number of anilines is 1. The molecular formula is C12H20BrN3. The summed E-state index contributed by atoms with van der Waals surface area (Å²) in [6, 6.07) is 0.466. The minimum absolute atomic E-state index is 0.418. The van der Waals surface area contributed by atoms with E-state index in [0.29, 0.717) is 11.5 Å². The molecular weight excluding hydrogens is 266 g/mol. The van der Waals surface area contributed by atoms with Crippen LogP contribution in [0, 0.1) is 12.3 Å². The number of rotatable bonds is 1. The van der Waals surface area contributed by atoms with E-state index in [2.05, 4.69) is 34.9 Å². The molecule has 1 aliphatic rings. The van der Waals surface area contributed by atoms with Gasteiger partial charge >= 0.3 is 0 Å². The third-order valence-electron chi connectivity index (χ3n) is 3.57. The maximum atomic E-state index is 6.08. The molecule has 1 heterocycles. The lowest BCUT2D eigenvalue weighted by Crippen LogP contribution is -2.26. The van der Waals surface area contributed by atoms with Crippen LogP contribution in [0.2, 0.25) is 0 Å². The summed E-state index contributed by atoms with van der Waals surface area (Å²) >= 11 is 3.49. The quantitative estimate of drug-likeness (QED) is 0.855. The number of aryl methyl sites for hydroxylation is 1. The van der Waals surface area contributed by atoms with Crippen molar-refractivity contribution >= 4 is 21.7 Å². The summed E-state index contributed by atoms with van der Waals surface area (Å²) in [6.45, 7) is 6.66. The Balaban J connectivity index is 2.27. The maximum Gasteiger partial charge on any atom is 0.136 e. The Morgan fingerprint density at radius 3 is 2.69 bits per heavy atom. The van der Waals surface area contributed by atoms with Crippen LogP contribution in [0.5, 0.6) is 0 Å². The second-order valence-electron chi connectivity index (χ2n) is 5.64. The Morgan fingerprint density at radius 1 is 1.50 bits per heavy atom. The average Bonchev–Trinajstić information content (AvgIpc) is 2.45. The van der Waals surface area contributed by atoms with Crippen molar-refractivity contribution in [3.63, 3.8) is 0 Å². The Labute approximate surface area is 106 Å². The van der Waals surface area contributed by atoms with E-state index in [9.17, 15) is 0 Å². The summed E-state index contributed by atoms with van der Waals surface area (Å²) in [5, 5.41) is 4.54. The Bertz CT molecular complexity index is 395. The van der Waals surface area contributed by atoms with Crippen molar-refractivity contribution in [2.75, 3.05) is 5.73 Å². The normalized spacial score (nSPS) is 24.6. The van der Waals surface area contributed by atoms with E-state index in [1.807, 2.05) is 11.6 Å². The summed E-state index contributed by atoms with van der Waals surface area (Å²) < 4.78 is 2.97. The zero-order valence-electron chi connectivity index (χ0n) is 10.3. The molecule has 3 nitrogen and oxygen atoms in total. The molecule has 2 rings (SSSR count). The average molecular weight is 286 g/mol. The summed E-state index contributed by atoms with van der Waals surface area (Å²) in [5.41, 5.74) is 7.48. The van der Waals surface area contributed by atoms with E-state index < -0.39 is 0 Å². The number of nitrogens with zero attached hydrogens (tertiary/aromatic N) is 2. The van der Waals surface area contributed by atoms with Gasteiger partial charge in [0.1, 0.15) is 5.82 Å². The van der Waals surface area contributed by atoms with Gasteiger partial charge in [-0.05, 0) is 47.5 Å². The SMILES string of the molecule is Cc1nn(C2CCCC(C)(C)C2)c(N)c1Br. The molecule has 0 spiro atoms. The lowest BCUT2D eigenvalue weighted by Gasteiger charge is -2.35. The van der Waals surface area contributed by atoms with E-state index in [0.717, 1.165) is 16.0 Å². The van der Waals surface area contributed by atoms with Gasteiger partial charge in [0.25, 0.3) is 0 Å². The fourth-order valence-corrected chi connectivity index (χ4v) is 2.95. The highest BCUT2D eigenvalue weighted by molar-refractivity contribution is 9.10. The van der Waals surface area contributed by atoms with Crippen LogP contribution < -0.4 is 5.73 Å². The number of hydrogen-bond donors (Lipinski definition) is 1. The molecule has 1 fully saturated rings. The molecule has 16 heavy (non-hydrogen) atoms. The molecule has 0 bridgehead atoms. The molecule has 90 valence electrons. The van der Waals surface area contributed by atoms with Gasteiger partial charge in [-0.25, -0.2) is 4.68 Å². The van der Waals surface area contributed by atoms with Gasteiger partial charge in [0.05, 0.1) is 16.2 Å². The molecule has 0 amide bonds. The molecule has 1 atom stereocenters. The van der Waals surface area contributed by atoms with Crippen LogP contribution in [-0.4, -0.2) is 9.78 Å². The summed E-state index contributed by atoms with van der Waals surface area (Å²) in [7, 11) is 0. The van der Waals surface area contributed by atoms with Crippen molar-refractivity contribution in [1.29, 1.82) is 0 Å². The monoisotopic (exact) mass is 285 g/mol. The van der Waals surface area contributed by atoms with Gasteiger partial charge in [0.2, 0.25) is 0 Å². The van der Waals surface area contributed by atoms with Crippen molar-refractivity contribution in [1.82, 2.24) is 9.78 Å². The molecule has 1 unspecified atom stereocenters. The fraction of sp³-hybridized carbons (Fsp3) is 0.750. The molecule has 4 heteroatoms. The van der Waals surface area contributed by atoms with Crippen LogP contribution in [0.3, 0.4) is 0 Å². The summed E-state index contributed by atoms with van der Waals surface area (Å²) in [5.74, 6) is 0.778. The summed E-state index contributed by atoms with van der Waals surface area (Å²) in [4.78, 5) is 0. The second-order valence-corrected chi connectivity index (χ2v) is 6.44. The van der Waals surface area contributed by atoms with Crippen molar-refractivity contribution in [3.8, 4) is 0 Å². The highest BCUT2D eigenvalue weighted by Gasteiger charge is 2.30. The van der Waals surface area contributed by atoms with Crippen LogP contribution in [-0.2, 0) is 0 Å². The first kappa shape index (κ1) is 12.0. The zero-order valence-corrected chi connectivity index (χ0v) is 11.8. The fourth-order valence-electron chi connectivity index (χ4n) is 2.69.